The van der Waals surface area contributed by atoms with Crippen molar-refractivity contribution < 1.29 is 4.79 Å². The Morgan fingerprint density at radius 1 is 1.42 bits per heavy atom. The van der Waals surface area contributed by atoms with E-state index in [0.29, 0.717) is 13.1 Å². The number of likely N-dealkylation sites (N-methyl/N-ethyl adjacent to an activating group) is 1. The Kier molecular flexibility index (Phi) is 4.56. The maximum atomic E-state index is 12.1. The largest absolute Gasteiger partial charge is 0.340 e. The van der Waals surface area contributed by atoms with Crippen LogP contribution >= 0.6 is 0 Å². The molecule has 0 aromatic heterocycles. The lowest BCUT2D eigenvalue weighted by Crippen LogP contribution is -2.38. The number of hydrogen-bond acceptors (Lipinski definition) is 3. The highest BCUT2D eigenvalue weighted by Gasteiger charge is 2.22. The lowest BCUT2D eigenvalue weighted by molar-refractivity contribution is -0.131. The molecule has 19 heavy (non-hydrogen) atoms. The molecule has 0 radical (unpaired) electrons. The van der Waals surface area contributed by atoms with E-state index < -0.39 is 0 Å². The first-order valence-electron chi connectivity index (χ1n) is 6.82. The van der Waals surface area contributed by atoms with Gasteiger partial charge in [-0.2, -0.15) is 0 Å². The molecule has 4 heteroatoms. The average Bonchev–Trinajstić information content (AvgIpc) is 2.77. The number of aryl methyl sites for hydroxylation is 1. The maximum Gasteiger partial charge on any atom is 0.236 e. The second-order valence-electron chi connectivity index (χ2n) is 5.52. The molecule has 1 aromatic rings. The van der Waals surface area contributed by atoms with Crippen LogP contribution in [-0.4, -0.2) is 48.4 Å². The predicted molar refractivity (Wildman–Crippen MR) is 76.7 cm³/mol. The van der Waals surface area contributed by atoms with Gasteiger partial charge in [-0.05, 0) is 18.9 Å². The quantitative estimate of drug-likeness (QED) is 0.879. The SMILES string of the molecule is Cc1ccc(CN(C)C(=O)CN2CCC(N)C2)cc1. The second kappa shape index (κ2) is 6.17. The lowest BCUT2D eigenvalue weighted by Gasteiger charge is -2.21. The van der Waals surface area contributed by atoms with Crippen LogP contribution in [0, 0.1) is 6.92 Å². The molecule has 0 spiro atoms. The third-order valence-corrected chi connectivity index (χ3v) is 3.63. The number of carbonyl (C=O) groups excluding carboxylic acids is 1. The van der Waals surface area contributed by atoms with Crippen molar-refractivity contribution in [1.82, 2.24) is 9.80 Å². The number of hydrogen-bond donors (Lipinski definition) is 1. The van der Waals surface area contributed by atoms with E-state index in [-0.39, 0.29) is 11.9 Å². The van der Waals surface area contributed by atoms with Crippen LogP contribution in [0.4, 0.5) is 0 Å². The van der Waals surface area contributed by atoms with E-state index in [1.807, 2.05) is 7.05 Å². The minimum Gasteiger partial charge on any atom is -0.340 e. The average molecular weight is 261 g/mol. The first-order chi connectivity index (χ1) is 9.04. The Balaban J connectivity index is 1.83. The summed E-state index contributed by atoms with van der Waals surface area (Å²) in [5.74, 6) is 0.162. The highest BCUT2D eigenvalue weighted by atomic mass is 16.2. The predicted octanol–water partition coefficient (Wildman–Crippen LogP) is 0.986. The molecule has 1 unspecified atom stereocenters. The summed E-state index contributed by atoms with van der Waals surface area (Å²) in [7, 11) is 1.86. The van der Waals surface area contributed by atoms with Gasteiger partial charge in [-0.15, -0.1) is 0 Å². The minimum atomic E-state index is 0.162. The fourth-order valence-corrected chi connectivity index (χ4v) is 2.37. The number of carbonyl (C=O) groups is 1. The molecule has 1 saturated heterocycles. The summed E-state index contributed by atoms with van der Waals surface area (Å²) in [5.41, 5.74) is 8.25. The minimum absolute atomic E-state index is 0.162. The Labute approximate surface area is 115 Å². The first-order valence-corrected chi connectivity index (χ1v) is 6.82. The van der Waals surface area contributed by atoms with Crippen molar-refractivity contribution in [2.24, 2.45) is 5.73 Å². The van der Waals surface area contributed by atoms with Crippen LogP contribution in [0.1, 0.15) is 17.5 Å². The van der Waals surface area contributed by atoms with Gasteiger partial charge >= 0.3 is 0 Å². The molecule has 4 nitrogen and oxygen atoms in total. The number of amides is 1. The molecule has 0 aliphatic carbocycles. The number of rotatable bonds is 4. The molecule has 1 aliphatic heterocycles. The summed E-state index contributed by atoms with van der Waals surface area (Å²) in [4.78, 5) is 16.0. The third-order valence-electron chi connectivity index (χ3n) is 3.63. The van der Waals surface area contributed by atoms with Crippen molar-refractivity contribution in [3.63, 3.8) is 0 Å². The van der Waals surface area contributed by atoms with Gasteiger partial charge in [0.25, 0.3) is 0 Å². The first kappa shape index (κ1) is 14.0. The van der Waals surface area contributed by atoms with Crippen molar-refractivity contribution >= 4 is 5.91 Å². The zero-order valence-electron chi connectivity index (χ0n) is 11.8. The molecule has 1 aliphatic rings. The summed E-state index contributed by atoms with van der Waals surface area (Å²) < 4.78 is 0. The number of nitrogens with two attached hydrogens (primary N) is 1. The van der Waals surface area contributed by atoms with Crippen LogP contribution in [0.3, 0.4) is 0 Å². The van der Waals surface area contributed by atoms with Gasteiger partial charge < -0.3 is 10.6 Å². The Bertz CT molecular complexity index is 430. The van der Waals surface area contributed by atoms with Crippen LogP contribution in [0.25, 0.3) is 0 Å². The van der Waals surface area contributed by atoms with E-state index in [0.717, 1.165) is 19.5 Å². The van der Waals surface area contributed by atoms with E-state index in [1.165, 1.54) is 11.1 Å². The van der Waals surface area contributed by atoms with E-state index in [9.17, 15) is 4.79 Å². The van der Waals surface area contributed by atoms with Gasteiger partial charge in [-0.3, -0.25) is 9.69 Å². The topological polar surface area (TPSA) is 49.6 Å². The number of likely N-dealkylation sites (tertiary alicyclic amines) is 1. The van der Waals surface area contributed by atoms with Crippen LogP contribution in [-0.2, 0) is 11.3 Å². The number of benzene rings is 1. The Hall–Kier alpha value is -1.39. The molecule has 1 aromatic carbocycles. The highest BCUT2D eigenvalue weighted by Crippen LogP contribution is 2.09. The van der Waals surface area contributed by atoms with Crippen LogP contribution in [0.2, 0.25) is 0 Å². The smallest absolute Gasteiger partial charge is 0.236 e. The zero-order valence-corrected chi connectivity index (χ0v) is 11.8. The maximum absolute atomic E-state index is 12.1. The molecule has 1 fully saturated rings. The second-order valence-corrected chi connectivity index (χ2v) is 5.52. The molecule has 1 amide bonds. The van der Waals surface area contributed by atoms with Crippen LogP contribution < -0.4 is 5.73 Å². The van der Waals surface area contributed by atoms with Crippen molar-refractivity contribution in [3.8, 4) is 0 Å². The van der Waals surface area contributed by atoms with E-state index in [2.05, 4.69) is 36.1 Å². The molecule has 0 saturated carbocycles. The third kappa shape index (κ3) is 4.04. The Morgan fingerprint density at radius 3 is 2.68 bits per heavy atom. The Morgan fingerprint density at radius 2 is 2.11 bits per heavy atom. The molecular formula is C15H23N3O. The van der Waals surface area contributed by atoms with Crippen molar-refractivity contribution in [3.05, 3.63) is 35.4 Å². The fourth-order valence-electron chi connectivity index (χ4n) is 2.37. The molecule has 0 bridgehead atoms. The van der Waals surface area contributed by atoms with Gasteiger partial charge in [0.05, 0.1) is 6.54 Å². The normalized spacial score (nSPS) is 19.6. The molecular weight excluding hydrogens is 238 g/mol. The summed E-state index contributed by atoms with van der Waals surface area (Å²) in [6, 6.07) is 8.53. The lowest BCUT2D eigenvalue weighted by atomic mass is 10.1. The summed E-state index contributed by atoms with van der Waals surface area (Å²) in [6.45, 7) is 4.99. The van der Waals surface area contributed by atoms with Gasteiger partial charge in [-0.25, -0.2) is 0 Å². The van der Waals surface area contributed by atoms with Gasteiger partial charge in [0.2, 0.25) is 5.91 Å². The van der Waals surface area contributed by atoms with Gasteiger partial charge in [-0.1, -0.05) is 29.8 Å². The summed E-state index contributed by atoms with van der Waals surface area (Å²) >= 11 is 0. The van der Waals surface area contributed by atoms with Gasteiger partial charge in [0, 0.05) is 32.7 Å². The van der Waals surface area contributed by atoms with E-state index >= 15 is 0 Å². The monoisotopic (exact) mass is 261 g/mol. The van der Waals surface area contributed by atoms with Crippen LogP contribution in [0.5, 0.6) is 0 Å². The van der Waals surface area contributed by atoms with Gasteiger partial charge in [0.1, 0.15) is 0 Å². The van der Waals surface area contributed by atoms with E-state index in [1.54, 1.807) is 4.90 Å². The molecule has 2 N–H and O–H groups in total. The zero-order chi connectivity index (χ0) is 13.8. The van der Waals surface area contributed by atoms with Crippen molar-refractivity contribution in [2.45, 2.75) is 25.9 Å². The highest BCUT2D eigenvalue weighted by molar-refractivity contribution is 5.78. The number of nitrogens with zero attached hydrogens (tertiary/aromatic N) is 2. The molecule has 1 heterocycles. The summed E-state index contributed by atoms with van der Waals surface area (Å²) in [5, 5.41) is 0. The van der Waals surface area contributed by atoms with Crippen molar-refractivity contribution in [2.75, 3.05) is 26.7 Å². The van der Waals surface area contributed by atoms with Crippen molar-refractivity contribution in [1.29, 1.82) is 0 Å². The van der Waals surface area contributed by atoms with Gasteiger partial charge in [0.15, 0.2) is 0 Å². The van der Waals surface area contributed by atoms with Crippen LogP contribution in [0.15, 0.2) is 24.3 Å². The molecule has 1 atom stereocenters. The molecule has 2 rings (SSSR count). The fraction of sp³-hybridized carbons (Fsp3) is 0.533. The van der Waals surface area contributed by atoms with E-state index in [4.69, 9.17) is 5.73 Å². The standard InChI is InChI=1S/C15H23N3O/c1-12-3-5-13(6-4-12)9-17(2)15(19)11-18-8-7-14(16)10-18/h3-6,14H,7-11,16H2,1-2H3. The molecule has 104 valence electrons. The summed E-state index contributed by atoms with van der Waals surface area (Å²) in [6.07, 6.45) is 0.995.